The van der Waals surface area contributed by atoms with E-state index in [4.69, 9.17) is 0 Å². The van der Waals surface area contributed by atoms with Crippen LogP contribution in [0.4, 0.5) is 5.82 Å². The molecule has 0 aliphatic carbocycles. The van der Waals surface area contributed by atoms with Crippen LogP contribution < -0.4 is 10.6 Å². The van der Waals surface area contributed by atoms with Gasteiger partial charge in [0.2, 0.25) is 5.91 Å². The molecule has 1 aromatic heterocycles. The van der Waals surface area contributed by atoms with E-state index in [2.05, 4.69) is 22.5 Å². The van der Waals surface area contributed by atoms with Crippen LogP contribution in [0.2, 0.25) is 0 Å². The minimum Gasteiger partial charge on any atom is -0.370 e. The van der Waals surface area contributed by atoms with Crippen LogP contribution >= 0.6 is 0 Å². The first-order valence-corrected chi connectivity index (χ1v) is 6.96. The lowest BCUT2D eigenvalue weighted by molar-refractivity contribution is -0.120. The van der Waals surface area contributed by atoms with Gasteiger partial charge in [0, 0.05) is 38.8 Å². The average Bonchev–Trinajstić information content (AvgIpc) is 2.70. The van der Waals surface area contributed by atoms with E-state index >= 15 is 0 Å². The van der Waals surface area contributed by atoms with E-state index in [1.165, 1.54) is 0 Å². The van der Waals surface area contributed by atoms with Crippen LogP contribution in [0.1, 0.15) is 30.1 Å². The Bertz CT molecular complexity index is 473. The third kappa shape index (κ3) is 3.69. The molecule has 0 unspecified atom stereocenters. The molecule has 2 heterocycles. The van der Waals surface area contributed by atoms with Gasteiger partial charge in [-0.15, -0.1) is 0 Å². The van der Waals surface area contributed by atoms with Crippen molar-refractivity contribution in [3.8, 4) is 0 Å². The summed E-state index contributed by atoms with van der Waals surface area (Å²) in [6.07, 6.45) is 2.97. The molecule has 0 spiro atoms. The molecule has 2 N–H and O–H groups in total. The zero-order valence-corrected chi connectivity index (χ0v) is 11.7. The molecule has 2 rings (SSSR count). The molecule has 0 aromatic carbocycles. The fourth-order valence-electron chi connectivity index (χ4n) is 2.03. The summed E-state index contributed by atoms with van der Waals surface area (Å²) in [5.74, 6) is 0.699. The van der Waals surface area contributed by atoms with Gasteiger partial charge in [-0.3, -0.25) is 9.59 Å². The van der Waals surface area contributed by atoms with Crippen molar-refractivity contribution in [1.82, 2.24) is 15.2 Å². The van der Waals surface area contributed by atoms with Gasteiger partial charge in [0.15, 0.2) is 0 Å². The Morgan fingerprint density at radius 2 is 2.30 bits per heavy atom. The first kappa shape index (κ1) is 14.3. The molecule has 0 bridgehead atoms. The van der Waals surface area contributed by atoms with Gasteiger partial charge in [0.05, 0.1) is 5.56 Å². The summed E-state index contributed by atoms with van der Waals surface area (Å²) >= 11 is 0. The molecular formula is C14H20N4O2. The topological polar surface area (TPSA) is 74.3 Å². The second-order valence-corrected chi connectivity index (χ2v) is 4.75. The van der Waals surface area contributed by atoms with Gasteiger partial charge in [-0.1, -0.05) is 6.92 Å². The molecule has 1 aliphatic rings. The van der Waals surface area contributed by atoms with Crippen LogP contribution in [0.3, 0.4) is 0 Å². The number of amides is 2. The zero-order valence-electron chi connectivity index (χ0n) is 11.7. The molecule has 20 heavy (non-hydrogen) atoms. The van der Waals surface area contributed by atoms with Crippen LogP contribution in [0.25, 0.3) is 0 Å². The van der Waals surface area contributed by atoms with Crippen LogP contribution in [0.5, 0.6) is 0 Å². The van der Waals surface area contributed by atoms with E-state index < -0.39 is 0 Å². The predicted molar refractivity (Wildman–Crippen MR) is 76.5 cm³/mol. The number of hydrogen-bond donors (Lipinski definition) is 2. The number of pyridine rings is 1. The highest BCUT2D eigenvalue weighted by molar-refractivity contribution is 5.94. The smallest absolute Gasteiger partial charge is 0.255 e. The fourth-order valence-corrected chi connectivity index (χ4v) is 2.03. The molecule has 6 heteroatoms. The van der Waals surface area contributed by atoms with Gasteiger partial charge >= 0.3 is 0 Å². The van der Waals surface area contributed by atoms with Crippen LogP contribution in [0, 0.1) is 0 Å². The lowest BCUT2D eigenvalue weighted by Crippen LogP contribution is -2.34. The number of carbonyl (C=O) groups excluding carboxylic acids is 2. The lowest BCUT2D eigenvalue weighted by Gasteiger charge is -2.19. The van der Waals surface area contributed by atoms with Crippen molar-refractivity contribution in [2.24, 2.45) is 0 Å². The Morgan fingerprint density at radius 3 is 3.00 bits per heavy atom. The average molecular weight is 276 g/mol. The van der Waals surface area contributed by atoms with Crippen molar-refractivity contribution in [3.05, 3.63) is 23.9 Å². The predicted octanol–water partition coefficient (Wildman–Crippen LogP) is 0.866. The molecule has 2 amide bonds. The van der Waals surface area contributed by atoms with E-state index in [-0.39, 0.29) is 11.8 Å². The number of rotatable bonds is 4. The highest BCUT2D eigenvalue weighted by Gasteiger charge is 2.19. The molecule has 1 fully saturated rings. The van der Waals surface area contributed by atoms with Crippen molar-refractivity contribution < 1.29 is 9.59 Å². The number of carbonyl (C=O) groups is 2. The van der Waals surface area contributed by atoms with Crippen LogP contribution in [-0.4, -0.2) is 47.9 Å². The van der Waals surface area contributed by atoms with Gasteiger partial charge in [0.1, 0.15) is 5.82 Å². The Morgan fingerprint density at radius 1 is 1.45 bits per heavy atom. The Labute approximate surface area is 118 Å². The molecule has 0 radical (unpaired) electrons. The third-order valence-electron chi connectivity index (χ3n) is 3.17. The monoisotopic (exact) mass is 276 g/mol. The van der Waals surface area contributed by atoms with Gasteiger partial charge in [0.25, 0.3) is 5.91 Å². The highest BCUT2D eigenvalue weighted by Crippen LogP contribution is 2.09. The van der Waals surface area contributed by atoms with Gasteiger partial charge in [-0.2, -0.15) is 0 Å². The van der Waals surface area contributed by atoms with Crippen LogP contribution in [-0.2, 0) is 4.79 Å². The summed E-state index contributed by atoms with van der Waals surface area (Å²) in [5.41, 5.74) is 0.557. The Balaban J connectivity index is 1.99. The molecule has 0 atom stereocenters. The number of anilines is 1. The summed E-state index contributed by atoms with van der Waals surface area (Å²) < 4.78 is 0. The second kappa shape index (κ2) is 6.88. The van der Waals surface area contributed by atoms with E-state index in [1.807, 2.05) is 6.07 Å². The molecule has 1 aliphatic heterocycles. The fraction of sp³-hybridized carbons (Fsp3) is 0.500. The highest BCUT2D eigenvalue weighted by atomic mass is 16.2. The van der Waals surface area contributed by atoms with E-state index in [0.717, 1.165) is 18.8 Å². The SMILES string of the molecule is CCCNc1ccc(C(=O)N2CCNC(=O)CC2)cn1. The number of nitrogens with zero attached hydrogens (tertiary/aromatic N) is 2. The van der Waals surface area contributed by atoms with Crippen LogP contribution in [0.15, 0.2) is 18.3 Å². The van der Waals surface area contributed by atoms with E-state index in [1.54, 1.807) is 17.2 Å². The van der Waals surface area contributed by atoms with Crippen molar-refractivity contribution in [3.63, 3.8) is 0 Å². The zero-order chi connectivity index (χ0) is 14.4. The standard InChI is InChI=1S/C14H20N4O2/c1-2-6-15-12-4-3-11(10-17-12)14(20)18-8-5-13(19)16-7-9-18/h3-4,10H,2,5-9H2,1H3,(H,15,17)(H,16,19). The maximum atomic E-state index is 12.3. The maximum absolute atomic E-state index is 12.3. The van der Waals surface area contributed by atoms with Crippen molar-refractivity contribution in [2.75, 3.05) is 31.5 Å². The summed E-state index contributed by atoms with van der Waals surface area (Å²) in [6.45, 7) is 4.45. The second-order valence-electron chi connectivity index (χ2n) is 4.75. The first-order chi connectivity index (χ1) is 9.70. The first-order valence-electron chi connectivity index (χ1n) is 6.96. The summed E-state index contributed by atoms with van der Waals surface area (Å²) in [7, 11) is 0. The Kier molecular flexibility index (Phi) is 4.92. The van der Waals surface area contributed by atoms with Gasteiger partial charge in [-0.05, 0) is 18.6 Å². The van der Waals surface area contributed by atoms with Gasteiger partial charge in [-0.25, -0.2) is 4.98 Å². The van der Waals surface area contributed by atoms with Crippen molar-refractivity contribution in [2.45, 2.75) is 19.8 Å². The number of nitrogens with one attached hydrogen (secondary N) is 2. The summed E-state index contributed by atoms with van der Waals surface area (Å²) in [5, 5.41) is 5.92. The van der Waals surface area contributed by atoms with Crippen molar-refractivity contribution >= 4 is 17.6 Å². The quantitative estimate of drug-likeness (QED) is 0.855. The third-order valence-corrected chi connectivity index (χ3v) is 3.17. The molecule has 108 valence electrons. The summed E-state index contributed by atoms with van der Waals surface area (Å²) in [4.78, 5) is 29.5. The molecule has 1 aromatic rings. The van der Waals surface area contributed by atoms with Gasteiger partial charge < -0.3 is 15.5 Å². The molecule has 6 nitrogen and oxygen atoms in total. The van der Waals surface area contributed by atoms with Crippen molar-refractivity contribution in [1.29, 1.82) is 0 Å². The normalized spacial score (nSPS) is 15.4. The number of aromatic nitrogens is 1. The Hall–Kier alpha value is -2.11. The minimum absolute atomic E-state index is 0.00228. The largest absolute Gasteiger partial charge is 0.370 e. The molecular weight excluding hydrogens is 256 g/mol. The van der Waals surface area contributed by atoms with E-state index in [9.17, 15) is 9.59 Å². The summed E-state index contributed by atoms with van der Waals surface area (Å²) in [6, 6.07) is 3.58. The molecule has 0 saturated carbocycles. The number of hydrogen-bond acceptors (Lipinski definition) is 4. The molecule has 1 saturated heterocycles. The minimum atomic E-state index is -0.0731. The maximum Gasteiger partial charge on any atom is 0.255 e. The van der Waals surface area contributed by atoms with E-state index in [0.29, 0.717) is 31.6 Å². The lowest BCUT2D eigenvalue weighted by atomic mass is 10.2.